The van der Waals surface area contributed by atoms with Gasteiger partial charge in [-0.1, -0.05) is 45.0 Å². The summed E-state index contributed by atoms with van der Waals surface area (Å²) in [6.45, 7) is 6.57. The lowest BCUT2D eigenvalue weighted by Gasteiger charge is -2.26. The molecular weight excluding hydrogens is 358 g/mol. The largest absolute Gasteiger partial charge is 0.486 e. The van der Waals surface area contributed by atoms with Crippen molar-refractivity contribution in [2.45, 2.75) is 32.3 Å². The molecule has 0 radical (unpaired) electrons. The van der Waals surface area contributed by atoms with E-state index in [1.54, 1.807) is 12.1 Å². The van der Waals surface area contributed by atoms with Gasteiger partial charge in [0.05, 0.1) is 12.1 Å². The smallest absolute Gasteiger partial charge is 0.338 e. The Bertz CT molecular complexity index is 839. The third-order valence-electron chi connectivity index (χ3n) is 4.42. The van der Waals surface area contributed by atoms with E-state index in [0.29, 0.717) is 23.7 Å². The van der Waals surface area contributed by atoms with Crippen LogP contribution in [0.3, 0.4) is 0 Å². The quantitative estimate of drug-likeness (QED) is 0.803. The molecule has 1 amide bonds. The van der Waals surface area contributed by atoms with E-state index in [1.807, 2.05) is 36.4 Å². The van der Waals surface area contributed by atoms with Gasteiger partial charge in [-0.3, -0.25) is 4.79 Å². The van der Waals surface area contributed by atoms with Gasteiger partial charge >= 0.3 is 5.97 Å². The zero-order chi connectivity index (χ0) is 20.1. The van der Waals surface area contributed by atoms with Crippen LogP contribution in [-0.4, -0.2) is 37.7 Å². The van der Waals surface area contributed by atoms with E-state index in [2.05, 4.69) is 26.1 Å². The van der Waals surface area contributed by atoms with Crippen molar-refractivity contribution in [3.8, 4) is 11.5 Å². The molecular formula is C22H25NO5. The standard InChI is InChI=1S/C22H25NO5/c1-22(2,3)16-10-8-15(9-11-16)21(25)27-14-20(24)23-12-17-13-26-18-6-4-5-7-19(18)28-17/h4-11,17H,12-14H2,1-3H3,(H,23,24)/t17-/m0/s1. The molecule has 0 aromatic heterocycles. The first-order valence-electron chi connectivity index (χ1n) is 9.26. The minimum absolute atomic E-state index is 0.00768. The van der Waals surface area contributed by atoms with Crippen LogP contribution in [0.25, 0.3) is 0 Å². The number of ether oxygens (including phenoxy) is 3. The summed E-state index contributed by atoms with van der Waals surface area (Å²) in [6.07, 6.45) is -0.292. The summed E-state index contributed by atoms with van der Waals surface area (Å²) < 4.78 is 16.5. The number of carbonyl (C=O) groups is 2. The first kappa shape index (κ1) is 19.7. The molecule has 2 aromatic rings. The summed E-state index contributed by atoms with van der Waals surface area (Å²) in [5.41, 5.74) is 1.55. The molecule has 0 fully saturated rings. The number of para-hydroxylation sites is 2. The molecule has 6 heteroatoms. The van der Waals surface area contributed by atoms with Crippen molar-refractivity contribution >= 4 is 11.9 Å². The SMILES string of the molecule is CC(C)(C)c1ccc(C(=O)OCC(=O)NC[C@H]2COc3ccccc3O2)cc1. The number of hydrogen-bond acceptors (Lipinski definition) is 5. The second-order valence-electron chi connectivity index (χ2n) is 7.71. The summed E-state index contributed by atoms with van der Waals surface area (Å²) >= 11 is 0. The van der Waals surface area contributed by atoms with Crippen LogP contribution < -0.4 is 14.8 Å². The fourth-order valence-electron chi connectivity index (χ4n) is 2.76. The highest BCUT2D eigenvalue weighted by Crippen LogP contribution is 2.30. The number of carbonyl (C=O) groups excluding carboxylic acids is 2. The van der Waals surface area contributed by atoms with E-state index in [1.165, 1.54) is 0 Å². The van der Waals surface area contributed by atoms with Crippen LogP contribution in [-0.2, 0) is 14.9 Å². The number of benzene rings is 2. The van der Waals surface area contributed by atoms with Crippen molar-refractivity contribution in [3.05, 3.63) is 59.7 Å². The molecule has 0 unspecified atom stereocenters. The van der Waals surface area contributed by atoms with Gasteiger partial charge in [0.25, 0.3) is 5.91 Å². The summed E-state index contributed by atoms with van der Waals surface area (Å²) in [6, 6.07) is 14.6. The van der Waals surface area contributed by atoms with Gasteiger partial charge in [0.1, 0.15) is 12.7 Å². The molecule has 1 aliphatic heterocycles. The number of hydrogen-bond donors (Lipinski definition) is 1. The maximum atomic E-state index is 12.1. The van der Waals surface area contributed by atoms with Crippen LogP contribution in [0.1, 0.15) is 36.7 Å². The predicted octanol–water partition coefficient (Wildman–Crippen LogP) is 3.10. The Morgan fingerprint density at radius 1 is 1.07 bits per heavy atom. The maximum absolute atomic E-state index is 12.1. The second kappa shape index (κ2) is 8.33. The van der Waals surface area contributed by atoms with E-state index in [0.717, 1.165) is 5.56 Å². The number of esters is 1. The van der Waals surface area contributed by atoms with Crippen LogP contribution in [0.5, 0.6) is 11.5 Å². The van der Waals surface area contributed by atoms with Crippen molar-refractivity contribution in [2.75, 3.05) is 19.8 Å². The average molecular weight is 383 g/mol. The van der Waals surface area contributed by atoms with Crippen molar-refractivity contribution in [2.24, 2.45) is 0 Å². The molecule has 1 atom stereocenters. The minimum Gasteiger partial charge on any atom is -0.486 e. The summed E-state index contributed by atoms with van der Waals surface area (Å²) in [5, 5.41) is 2.70. The zero-order valence-corrected chi connectivity index (χ0v) is 16.4. The molecule has 2 aromatic carbocycles. The lowest BCUT2D eigenvalue weighted by Crippen LogP contribution is -2.42. The molecule has 0 saturated carbocycles. The molecule has 6 nitrogen and oxygen atoms in total. The molecule has 148 valence electrons. The Labute approximate surface area is 164 Å². The summed E-state index contributed by atoms with van der Waals surface area (Å²) in [7, 11) is 0. The Balaban J connectivity index is 1.42. The molecule has 3 rings (SSSR count). The molecule has 0 spiro atoms. The molecule has 0 bridgehead atoms. The van der Waals surface area contributed by atoms with Crippen molar-refractivity contribution in [1.82, 2.24) is 5.32 Å². The van der Waals surface area contributed by atoms with Crippen molar-refractivity contribution in [3.63, 3.8) is 0 Å². The number of fused-ring (bicyclic) bond motifs is 1. The van der Waals surface area contributed by atoms with Crippen LogP contribution >= 0.6 is 0 Å². The fraction of sp³-hybridized carbons (Fsp3) is 0.364. The van der Waals surface area contributed by atoms with Gasteiger partial charge in [0.2, 0.25) is 0 Å². The van der Waals surface area contributed by atoms with Crippen LogP contribution in [0.4, 0.5) is 0 Å². The van der Waals surface area contributed by atoms with E-state index < -0.39 is 5.97 Å². The number of nitrogens with one attached hydrogen (secondary N) is 1. The predicted molar refractivity (Wildman–Crippen MR) is 105 cm³/mol. The number of rotatable bonds is 5. The van der Waals surface area contributed by atoms with Gasteiger partial charge in [-0.05, 0) is 35.2 Å². The monoisotopic (exact) mass is 383 g/mol. The molecule has 1 aliphatic rings. The van der Waals surface area contributed by atoms with Gasteiger partial charge in [0.15, 0.2) is 18.1 Å². The van der Waals surface area contributed by atoms with Crippen molar-refractivity contribution < 1.29 is 23.8 Å². The summed E-state index contributed by atoms with van der Waals surface area (Å²) in [5.74, 6) is 0.429. The topological polar surface area (TPSA) is 73.9 Å². The molecule has 1 N–H and O–H groups in total. The molecule has 28 heavy (non-hydrogen) atoms. The van der Waals surface area contributed by atoms with E-state index >= 15 is 0 Å². The molecule has 0 aliphatic carbocycles. The summed E-state index contributed by atoms with van der Waals surface area (Å²) in [4.78, 5) is 24.1. The first-order valence-corrected chi connectivity index (χ1v) is 9.26. The highest BCUT2D eigenvalue weighted by atomic mass is 16.6. The lowest BCUT2D eigenvalue weighted by atomic mass is 9.87. The Morgan fingerprint density at radius 2 is 1.75 bits per heavy atom. The van der Waals surface area contributed by atoms with Crippen LogP contribution in [0.15, 0.2) is 48.5 Å². The average Bonchev–Trinajstić information content (AvgIpc) is 2.69. The van der Waals surface area contributed by atoms with Gasteiger partial charge in [-0.25, -0.2) is 4.79 Å². The minimum atomic E-state index is -0.526. The Morgan fingerprint density at radius 3 is 2.43 bits per heavy atom. The van der Waals surface area contributed by atoms with E-state index in [-0.39, 0.29) is 30.6 Å². The van der Waals surface area contributed by atoms with Gasteiger partial charge < -0.3 is 19.5 Å². The third kappa shape index (κ3) is 5.03. The second-order valence-corrected chi connectivity index (χ2v) is 7.71. The molecule has 1 heterocycles. The molecule has 0 saturated heterocycles. The van der Waals surface area contributed by atoms with Gasteiger partial charge in [-0.2, -0.15) is 0 Å². The highest BCUT2D eigenvalue weighted by molar-refractivity contribution is 5.91. The van der Waals surface area contributed by atoms with E-state index in [9.17, 15) is 9.59 Å². The maximum Gasteiger partial charge on any atom is 0.338 e. The van der Waals surface area contributed by atoms with Crippen LogP contribution in [0, 0.1) is 0 Å². The van der Waals surface area contributed by atoms with Crippen molar-refractivity contribution in [1.29, 1.82) is 0 Å². The third-order valence-corrected chi connectivity index (χ3v) is 4.42. The first-order chi connectivity index (χ1) is 13.3. The van der Waals surface area contributed by atoms with Gasteiger partial charge in [-0.15, -0.1) is 0 Å². The normalized spacial score (nSPS) is 15.6. The highest BCUT2D eigenvalue weighted by Gasteiger charge is 2.21. The Hall–Kier alpha value is -3.02. The Kier molecular flexibility index (Phi) is 5.87. The fourth-order valence-corrected chi connectivity index (χ4v) is 2.76. The van der Waals surface area contributed by atoms with Gasteiger partial charge in [0, 0.05) is 0 Å². The van der Waals surface area contributed by atoms with E-state index in [4.69, 9.17) is 14.2 Å². The number of amides is 1. The van der Waals surface area contributed by atoms with Crippen LogP contribution in [0.2, 0.25) is 0 Å². The lowest BCUT2D eigenvalue weighted by molar-refractivity contribution is -0.124. The zero-order valence-electron chi connectivity index (χ0n) is 16.4.